The Kier molecular flexibility index (Phi) is 3.80. The van der Waals surface area contributed by atoms with E-state index in [2.05, 4.69) is 40.0 Å². The van der Waals surface area contributed by atoms with Gasteiger partial charge in [0.25, 0.3) is 0 Å². The molecule has 1 saturated carbocycles. The van der Waals surface area contributed by atoms with Gasteiger partial charge in [0.1, 0.15) is 0 Å². The first kappa shape index (κ1) is 13.2. The molecular weight excluding hydrogens is 294 g/mol. The number of halogens is 1. The van der Waals surface area contributed by atoms with Gasteiger partial charge in [-0.3, -0.25) is 0 Å². The van der Waals surface area contributed by atoms with E-state index in [0.29, 0.717) is 6.04 Å². The highest BCUT2D eigenvalue weighted by molar-refractivity contribution is 9.10. The topological polar surface area (TPSA) is 61.8 Å². The van der Waals surface area contributed by atoms with Gasteiger partial charge in [-0.05, 0) is 43.9 Å². The third kappa shape index (κ3) is 2.61. The zero-order valence-electron chi connectivity index (χ0n) is 10.6. The monoisotopic (exact) mass is 311 g/mol. The van der Waals surface area contributed by atoms with Crippen LogP contribution in [0, 0.1) is 5.92 Å². The van der Waals surface area contributed by atoms with Crippen molar-refractivity contribution in [2.24, 2.45) is 16.8 Å². The van der Waals surface area contributed by atoms with Crippen molar-refractivity contribution in [1.29, 1.82) is 0 Å². The lowest BCUT2D eigenvalue weighted by molar-refractivity contribution is 0.318. The summed E-state index contributed by atoms with van der Waals surface area (Å²) >= 11 is 3.47. The van der Waals surface area contributed by atoms with E-state index in [1.807, 2.05) is 18.2 Å². The van der Waals surface area contributed by atoms with Gasteiger partial charge in [-0.2, -0.15) is 0 Å². The van der Waals surface area contributed by atoms with Crippen molar-refractivity contribution < 1.29 is 5.21 Å². The van der Waals surface area contributed by atoms with Gasteiger partial charge in [0.15, 0.2) is 5.84 Å². The molecule has 4 nitrogen and oxygen atoms in total. The molecule has 0 saturated heterocycles. The average molecular weight is 312 g/mol. The largest absolute Gasteiger partial charge is 0.409 e. The second-order valence-corrected chi connectivity index (χ2v) is 5.75. The minimum Gasteiger partial charge on any atom is -0.409 e. The van der Waals surface area contributed by atoms with E-state index in [9.17, 15) is 0 Å². The van der Waals surface area contributed by atoms with Crippen LogP contribution < -0.4 is 10.6 Å². The van der Waals surface area contributed by atoms with Gasteiger partial charge in [0.2, 0.25) is 0 Å². The molecule has 0 bridgehead atoms. The van der Waals surface area contributed by atoms with Crippen LogP contribution in [0.25, 0.3) is 0 Å². The van der Waals surface area contributed by atoms with Crippen molar-refractivity contribution in [1.82, 2.24) is 0 Å². The zero-order valence-corrected chi connectivity index (χ0v) is 12.2. The number of oxime groups is 1. The summed E-state index contributed by atoms with van der Waals surface area (Å²) in [6, 6.07) is 6.23. The van der Waals surface area contributed by atoms with Crippen molar-refractivity contribution in [3.63, 3.8) is 0 Å². The molecule has 1 atom stereocenters. The predicted molar refractivity (Wildman–Crippen MR) is 77.2 cm³/mol. The summed E-state index contributed by atoms with van der Waals surface area (Å²) in [6.07, 6.45) is 2.58. The fourth-order valence-corrected chi connectivity index (χ4v) is 2.53. The molecule has 1 aromatic carbocycles. The molecule has 1 unspecified atom stereocenters. The molecular formula is C13H18BrN3O. The summed E-state index contributed by atoms with van der Waals surface area (Å²) < 4.78 is 0.988. The van der Waals surface area contributed by atoms with Crippen molar-refractivity contribution >= 4 is 27.5 Å². The molecule has 0 spiro atoms. The molecule has 0 aliphatic heterocycles. The van der Waals surface area contributed by atoms with E-state index in [4.69, 9.17) is 10.9 Å². The van der Waals surface area contributed by atoms with Gasteiger partial charge in [0.05, 0.1) is 0 Å². The lowest BCUT2D eigenvalue weighted by atomic mass is 10.1. The van der Waals surface area contributed by atoms with Gasteiger partial charge >= 0.3 is 0 Å². The number of anilines is 1. The third-order valence-electron chi connectivity index (χ3n) is 3.64. The third-order valence-corrected chi connectivity index (χ3v) is 4.13. The summed E-state index contributed by atoms with van der Waals surface area (Å²) in [5.74, 6) is 0.904. The first-order valence-corrected chi connectivity index (χ1v) is 6.84. The van der Waals surface area contributed by atoms with E-state index in [-0.39, 0.29) is 5.84 Å². The van der Waals surface area contributed by atoms with Crippen LogP contribution in [0.15, 0.2) is 27.8 Å². The lowest BCUT2D eigenvalue weighted by Gasteiger charge is -2.29. The molecule has 0 aromatic heterocycles. The molecule has 1 aliphatic carbocycles. The van der Waals surface area contributed by atoms with E-state index in [0.717, 1.165) is 21.6 Å². The zero-order chi connectivity index (χ0) is 13.3. The molecule has 3 N–H and O–H groups in total. The molecule has 1 aliphatic rings. The van der Waals surface area contributed by atoms with E-state index in [1.165, 1.54) is 12.8 Å². The Hall–Kier alpha value is -1.23. The molecule has 0 heterocycles. The smallest absolute Gasteiger partial charge is 0.172 e. The Bertz CT molecular complexity index is 471. The summed E-state index contributed by atoms with van der Waals surface area (Å²) in [7, 11) is 2.05. The Morgan fingerprint density at radius 2 is 2.22 bits per heavy atom. The summed E-state index contributed by atoms with van der Waals surface area (Å²) in [4.78, 5) is 2.20. The van der Waals surface area contributed by atoms with Crippen LogP contribution in [0.4, 0.5) is 5.69 Å². The van der Waals surface area contributed by atoms with E-state index >= 15 is 0 Å². The molecule has 2 rings (SSSR count). The van der Waals surface area contributed by atoms with Gasteiger partial charge in [-0.25, -0.2) is 0 Å². The minimum absolute atomic E-state index is 0.146. The Labute approximate surface area is 116 Å². The average Bonchev–Trinajstić information content (AvgIpc) is 3.20. The number of nitrogens with zero attached hydrogens (tertiary/aromatic N) is 2. The van der Waals surface area contributed by atoms with E-state index in [1.54, 1.807) is 0 Å². The van der Waals surface area contributed by atoms with Gasteiger partial charge in [0, 0.05) is 28.8 Å². The minimum atomic E-state index is 0.146. The maximum Gasteiger partial charge on any atom is 0.172 e. The number of nitrogens with two attached hydrogens (primary N) is 1. The van der Waals surface area contributed by atoms with Crippen LogP contribution in [-0.4, -0.2) is 24.1 Å². The Morgan fingerprint density at radius 1 is 1.56 bits per heavy atom. The van der Waals surface area contributed by atoms with Crippen molar-refractivity contribution in [2.75, 3.05) is 11.9 Å². The first-order valence-electron chi connectivity index (χ1n) is 6.05. The molecule has 18 heavy (non-hydrogen) atoms. The second kappa shape index (κ2) is 5.18. The second-order valence-electron chi connectivity index (χ2n) is 4.84. The summed E-state index contributed by atoms with van der Waals surface area (Å²) in [5.41, 5.74) is 7.48. The van der Waals surface area contributed by atoms with Crippen LogP contribution in [-0.2, 0) is 0 Å². The highest BCUT2D eigenvalue weighted by atomic mass is 79.9. The first-order chi connectivity index (χ1) is 8.54. The van der Waals surface area contributed by atoms with Crippen LogP contribution >= 0.6 is 15.9 Å². The molecule has 1 fully saturated rings. The molecule has 0 radical (unpaired) electrons. The molecule has 1 aromatic rings. The van der Waals surface area contributed by atoms with Crippen LogP contribution in [0.1, 0.15) is 25.3 Å². The predicted octanol–water partition coefficient (Wildman–Crippen LogP) is 2.78. The Morgan fingerprint density at radius 3 is 2.78 bits per heavy atom. The van der Waals surface area contributed by atoms with Crippen LogP contribution in [0.2, 0.25) is 0 Å². The quantitative estimate of drug-likeness (QED) is 0.389. The van der Waals surface area contributed by atoms with Gasteiger partial charge < -0.3 is 15.8 Å². The fraction of sp³-hybridized carbons (Fsp3) is 0.462. The molecule has 5 heteroatoms. The van der Waals surface area contributed by atoms with Crippen LogP contribution in [0.3, 0.4) is 0 Å². The number of rotatable bonds is 4. The fourth-order valence-electron chi connectivity index (χ4n) is 2.18. The maximum absolute atomic E-state index is 8.86. The number of hydrogen-bond donors (Lipinski definition) is 2. The maximum atomic E-state index is 8.86. The van der Waals surface area contributed by atoms with Crippen LogP contribution in [0.5, 0.6) is 0 Å². The molecule has 98 valence electrons. The van der Waals surface area contributed by atoms with Gasteiger partial charge in [-0.15, -0.1) is 0 Å². The number of benzene rings is 1. The van der Waals surface area contributed by atoms with Gasteiger partial charge in [-0.1, -0.05) is 21.1 Å². The highest BCUT2D eigenvalue weighted by Gasteiger charge is 2.31. The molecule has 0 amide bonds. The number of hydrogen-bond acceptors (Lipinski definition) is 3. The SMILES string of the molecule is CC(C1CC1)N(C)c1cc(Br)ccc1/C(N)=N/O. The Balaban J connectivity index is 2.37. The highest BCUT2D eigenvalue weighted by Crippen LogP contribution is 2.37. The van der Waals surface area contributed by atoms with Crippen molar-refractivity contribution in [3.8, 4) is 0 Å². The lowest BCUT2D eigenvalue weighted by Crippen LogP contribution is -2.32. The van der Waals surface area contributed by atoms with Crippen molar-refractivity contribution in [3.05, 3.63) is 28.2 Å². The standard InChI is InChI=1S/C13H18BrN3O/c1-8(9-3-4-9)17(2)12-7-10(14)5-6-11(12)13(15)16-18/h5-9,18H,3-4H2,1-2H3,(H2,15,16). The normalized spacial score (nSPS) is 17.6. The van der Waals surface area contributed by atoms with E-state index < -0.39 is 0 Å². The summed E-state index contributed by atoms with van der Waals surface area (Å²) in [6.45, 7) is 2.22. The van der Waals surface area contributed by atoms with Crippen molar-refractivity contribution in [2.45, 2.75) is 25.8 Å². The number of amidine groups is 1. The summed E-state index contributed by atoms with van der Waals surface area (Å²) in [5, 5.41) is 12.0.